The molecule has 0 spiro atoms. The third-order valence-corrected chi connectivity index (χ3v) is 4.37. The molecule has 1 aliphatic rings. The minimum Gasteiger partial charge on any atom is -0.454 e. The average Bonchev–Trinajstić information content (AvgIpc) is 3.19. The Morgan fingerprint density at radius 3 is 2.57 bits per heavy atom. The van der Waals surface area contributed by atoms with Crippen molar-refractivity contribution in [3.05, 3.63) is 60.2 Å². The Hall–Kier alpha value is -3.28. The molecule has 144 valence electrons. The highest BCUT2D eigenvalue weighted by Crippen LogP contribution is 2.32. The highest BCUT2D eigenvalue weighted by molar-refractivity contribution is 5.64. The topological polar surface area (TPSA) is 68.3 Å². The molecular formula is C22H24N4O2. The molecule has 0 radical (unpaired) electrons. The van der Waals surface area contributed by atoms with E-state index in [1.807, 2.05) is 42.5 Å². The summed E-state index contributed by atoms with van der Waals surface area (Å²) in [6.45, 7) is 6.07. The first-order valence-corrected chi connectivity index (χ1v) is 9.48. The number of rotatable bonds is 7. The third-order valence-electron chi connectivity index (χ3n) is 4.37. The molecule has 0 unspecified atom stereocenters. The van der Waals surface area contributed by atoms with Crippen LogP contribution in [0.4, 0.5) is 11.8 Å². The van der Waals surface area contributed by atoms with Crippen molar-refractivity contribution in [2.45, 2.75) is 20.4 Å². The second kappa shape index (κ2) is 8.17. The summed E-state index contributed by atoms with van der Waals surface area (Å²) in [5.41, 5.74) is 3.02. The minimum atomic E-state index is 0.277. The van der Waals surface area contributed by atoms with Crippen molar-refractivity contribution in [2.24, 2.45) is 5.92 Å². The SMILES string of the molecule is CC(C)CNc1cc(-c2ccccc2)nc(NCc2ccc3c(c2)OCO3)n1. The van der Waals surface area contributed by atoms with Crippen molar-refractivity contribution in [3.63, 3.8) is 0 Å². The highest BCUT2D eigenvalue weighted by atomic mass is 16.7. The number of anilines is 2. The predicted octanol–water partition coefficient (Wildman–Crippen LogP) is 4.55. The molecule has 0 aliphatic carbocycles. The van der Waals surface area contributed by atoms with Crippen LogP contribution in [0.1, 0.15) is 19.4 Å². The Morgan fingerprint density at radius 2 is 1.75 bits per heavy atom. The molecule has 0 saturated carbocycles. The van der Waals surface area contributed by atoms with Crippen molar-refractivity contribution < 1.29 is 9.47 Å². The summed E-state index contributed by atoms with van der Waals surface area (Å²) in [7, 11) is 0. The van der Waals surface area contributed by atoms with Crippen LogP contribution in [0.25, 0.3) is 11.3 Å². The van der Waals surface area contributed by atoms with Crippen LogP contribution in [0.5, 0.6) is 11.5 Å². The van der Waals surface area contributed by atoms with E-state index in [4.69, 9.17) is 14.5 Å². The molecule has 4 rings (SSSR count). The molecule has 0 fully saturated rings. The number of ether oxygens (including phenoxy) is 2. The fourth-order valence-electron chi connectivity index (χ4n) is 2.91. The van der Waals surface area contributed by atoms with E-state index in [-0.39, 0.29) is 6.79 Å². The summed E-state index contributed by atoms with van der Waals surface area (Å²) in [5.74, 6) is 3.49. The molecule has 0 amide bonds. The molecule has 6 heteroatoms. The van der Waals surface area contributed by atoms with Gasteiger partial charge in [-0.25, -0.2) is 4.98 Å². The monoisotopic (exact) mass is 376 g/mol. The molecule has 0 saturated heterocycles. The van der Waals surface area contributed by atoms with Gasteiger partial charge in [0.25, 0.3) is 0 Å². The van der Waals surface area contributed by atoms with Crippen LogP contribution in [-0.2, 0) is 6.54 Å². The smallest absolute Gasteiger partial charge is 0.231 e. The summed E-state index contributed by atoms with van der Waals surface area (Å²) in [6, 6.07) is 18.0. The van der Waals surface area contributed by atoms with E-state index in [9.17, 15) is 0 Å². The van der Waals surface area contributed by atoms with Gasteiger partial charge in [0.1, 0.15) is 5.82 Å². The van der Waals surface area contributed by atoms with Crippen LogP contribution in [0.3, 0.4) is 0 Å². The Bertz CT molecular complexity index is 945. The van der Waals surface area contributed by atoms with Gasteiger partial charge in [0.05, 0.1) is 5.69 Å². The van der Waals surface area contributed by atoms with Gasteiger partial charge in [-0.2, -0.15) is 4.98 Å². The molecular weight excluding hydrogens is 352 g/mol. The van der Waals surface area contributed by atoms with Gasteiger partial charge in [-0.15, -0.1) is 0 Å². The molecule has 2 aromatic carbocycles. The Morgan fingerprint density at radius 1 is 0.929 bits per heavy atom. The van der Waals surface area contributed by atoms with Crippen LogP contribution < -0.4 is 20.1 Å². The summed E-state index contributed by atoms with van der Waals surface area (Å²) in [5, 5.41) is 6.73. The van der Waals surface area contributed by atoms with E-state index >= 15 is 0 Å². The van der Waals surface area contributed by atoms with Gasteiger partial charge in [0.2, 0.25) is 12.7 Å². The number of hydrogen-bond donors (Lipinski definition) is 2. The lowest BCUT2D eigenvalue weighted by Gasteiger charge is -2.13. The lowest BCUT2D eigenvalue weighted by atomic mass is 10.1. The second-order valence-corrected chi connectivity index (χ2v) is 7.14. The van der Waals surface area contributed by atoms with Gasteiger partial charge in [-0.3, -0.25) is 0 Å². The zero-order valence-electron chi connectivity index (χ0n) is 16.1. The molecule has 3 aromatic rings. The largest absolute Gasteiger partial charge is 0.454 e. The number of benzene rings is 2. The van der Waals surface area contributed by atoms with Crippen LogP contribution in [0.15, 0.2) is 54.6 Å². The normalized spacial score (nSPS) is 12.2. The Balaban J connectivity index is 1.55. The van der Waals surface area contributed by atoms with Gasteiger partial charge in [-0.1, -0.05) is 50.2 Å². The van der Waals surface area contributed by atoms with E-state index in [0.29, 0.717) is 18.4 Å². The summed E-state index contributed by atoms with van der Waals surface area (Å²) in [4.78, 5) is 9.33. The molecule has 1 aliphatic heterocycles. The fraction of sp³-hybridized carbons (Fsp3) is 0.273. The summed E-state index contributed by atoms with van der Waals surface area (Å²) in [6.07, 6.45) is 0. The van der Waals surface area contributed by atoms with E-state index in [2.05, 4.69) is 41.6 Å². The average molecular weight is 376 g/mol. The van der Waals surface area contributed by atoms with Crippen LogP contribution >= 0.6 is 0 Å². The van der Waals surface area contributed by atoms with E-state index in [0.717, 1.165) is 40.7 Å². The van der Waals surface area contributed by atoms with Crippen LogP contribution in [-0.4, -0.2) is 23.3 Å². The third kappa shape index (κ3) is 4.34. The van der Waals surface area contributed by atoms with Gasteiger partial charge < -0.3 is 20.1 Å². The van der Waals surface area contributed by atoms with Crippen molar-refractivity contribution in [2.75, 3.05) is 24.0 Å². The van der Waals surface area contributed by atoms with E-state index < -0.39 is 0 Å². The number of fused-ring (bicyclic) bond motifs is 1. The molecule has 6 nitrogen and oxygen atoms in total. The quantitative estimate of drug-likeness (QED) is 0.630. The van der Waals surface area contributed by atoms with Crippen molar-refractivity contribution in [1.82, 2.24) is 9.97 Å². The second-order valence-electron chi connectivity index (χ2n) is 7.14. The first kappa shape index (κ1) is 18.1. The standard InChI is InChI=1S/C22H24N4O2/c1-15(2)12-23-21-11-18(17-6-4-3-5-7-17)25-22(26-21)24-13-16-8-9-19-20(10-16)28-14-27-19/h3-11,15H,12-14H2,1-2H3,(H2,23,24,25,26). The molecule has 28 heavy (non-hydrogen) atoms. The summed E-state index contributed by atoms with van der Waals surface area (Å²) >= 11 is 0. The maximum atomic E-state index is 5.45. The van der Waals surface area contributed by atoms with Gasteiger partial charge in [-0.05, 0) is 23.6 Å². The fourth-order valence-corrected chi connectivity index (χ4v) is 2.91. The van der Waals surface area contributed by atoms with Crippen LogP contribution in [0, 0.1) is 5.92 Å². The predicted molar refractivity (Wildman–Crippen MR) is 111 cm³/mol. The van der Waals surface area contributed by atoms with Gasteiger partial charge >= 0.3 is 0 Å². The first-order valence-electron chi connectivity index (χ1n) is 9.48. The maximum Gasteiger partial charge on any atom is 0.231 e. The first-order chi connectivity index (χ1) is 13.7. The van der Waals surface area contributed by atoms with Gasteiger partial charge in [0.15, 0.2) is 11.5 Å². The molecule has 1 aromatic heterocycles. The lowest BCUT2D eigenvalue weighted by molar-refractivity contribution is 0.174. The Labute approximate surface area is 164 Å². The van der Waals surface area contributed by atoms with Crippen molar-refractivity contribution in [3.8, 4) is 22.8 Å². The number of aromatic nitrogens is 2. The van der Waals surface area contributed by atoms with Gasteiger partial charge in [0, 0.05) is 24.7 Å². The number of hydrogen-bond acceptors (Lipinski definition) is 6. The zero-order chi connectivity index (χ0) is 19.3. The number of nitrogens with one attached hydrogen (secondary N) is 2. The Kier molecular flexibility index (Phi) is 5.28. The summed E-state index contributed by atoms with van der Waals surface area (Å²) < 4.78 is 10.8. The zero-order valence-corrected chi connectivity index (χ0v) is 16.1. The molecule has 0 bridgehead atoms. The molecule has 2 N–H and O–H groups in total. The minimum absolute atomic E-state index is 0.277. The van der Waals surface area contributed by atoms with Crippen molar-refractivity contribution >= 4 is 11.8 Å². The maximum absolute atomic E-state index is 5.45. The molecule has 2 heterocycles. The van der Waals surface area contributed by atoms with Crippen LogP contribution in [0.2, 0.25) is 0 Å². The molecule has 0 atom stereocenters. The lowest BCUT2D eigenvalue weighted by Crippen LogP contribution is -2.11. The van der Waals surface area contributed by atoms with Crippen molar-refractivity contribution in [1.29, 1.82) is 0 Å². The van der Waals surface area contributed by atoms with E-state index in [1.54, 1.807) is 0 Å². The van der Waals surface area contributed by atoms with E-state index in [1.165, 1.54) is 0 Å². The number of nitrogens with zero attached hydrogens (tertiary/aromatic N) is 2. The highest BCUT2D eigenvalue weighted by Gasteiger charge is 2.13.